The maximum absolute atomic E-state index is 5.55. The van der Waals surface area contributed by atoms with Crippen LogP contribution >= 0.6 is 0 Å². The standard InChI is InChI=1S/C12H13N2O2/c1-2-3-8-15-11-6-4-10(5-7-11)12-13-9-16-14-12/h4-7H,2-3,8H2,1H3. The fourth-order valence-electron chi connectivity index (χ4n) is 1.30. The van der Waals surface area contributed by atoms with E-state index < -0.39 is 0 Å². The van der Waals surface area contributed by atoms with Crippen LogP contribution in [-0.2, 0) is 0 Å². The van der Waals surface area contributed by atoms with Gasteiger partial charge in [0.15, 0.2) is 0 Å². The molecule has 0 bridgehead atoms. The third-order valence-electron chi connectivity index (χ3n) is 2.20. The van der Waals surface area contributed by atoms with Gasteiger partial charge in [-0.15, -0.1) is 0 Å². The van der Waals surface area contributed by atoms with Crippen molar-refractivity contribution in [3.05, 3.63) is 30.7 Å². The maximum atomic E-state index is 5.55. The number of benzene rings is 1. The predicted octanol–water partition coefficient (Wildman–Crippen LogP) is 2.72. The van der Waals surface area contributed by atoms with Crippen LogP contribution in [0.5, 0.6) is 5.75 Å². The lowest BCUT2D eigenvalue weighted by Gasteiger charge is -2.04. The number of hydrogen-bond acceptors (Lipinski definition) is 4. The molecular weight excluding hydrogens is 204 g/mol. The van der Waals surface area contributed by atoms with E-state index in [0.717, 1.165) is 30.8 Å². The lowest BCUT2D eigenvalue weighted by Crippen LogP contribution is -1.95. The second-order valence-electron chi connectivity index (χ2n) is 3.44. The zero-order chi connectivity index (χ0) is 11.2. The minimum Gasteiger partial charge on any atom is -0.494 e. The van der Waals surface area contributed by atoms with Crippen molar-refractivity contribution in [1.82, 2.24) is 10.1 Å². The summed E-state index contributed by atoms with van der Waals surface area (Å²) in [6.07, 6.45) is 4.52. The Balaban J connectivity index is 2.00. The van der Waals surface area contributed by atoms with Gasteiger partial charge >= 0.3 is 6.39 Å². The first-order chi connectivity index (χ1) is 7.90. The van der Waals surface area contributed by atoms with Crippen LogP contribution in [0, 0.1) is 6.39 Å². The van der Waals surface area contributed by atoms with Gasteiger partial charge in [0.05, 0.1) is 6.61 Å². The molecule has 0 N–H and O–H groups in total. The Morgan fingerprint density at radius 2 is 2.12 bits per heavy atom. The molecule has 83 valence electrons. The minimum absolute atomic E-state index is 0.542. The van der Waals surface area contributed by atoms with Crippen molar-refractivity contribution in [2.24, 2.45) is 0 Å². The molecular formula is C12H13N2O2. The van der Waals surface area contributed by atoms with Crippen LogP contribution in [0.4, 0.5) is 0 Å². The number of nitrogens with zero attached hydrogens (tertiary/aromatic N) is 2. The highest BCUT2D eigenvalue weighted by atomic mass is 16.5. The molecule has 1 aromatic heterocycles. The fourth-order valence-corrected chi connectivity index (χ4v) is 1.30. The summed E-state index contributed by atoms with van der Waals surface area (Å²) in [5.41, 5.74) is 0.896. The van der Waals surface area contributed by atoms with Crippen molar-refractivity contribution in [3.8, 4) is 17.1 Å². The van der Waals surface area contributed by atoms with Gasteiger partial charge in [0.2, 0.25) is 5.82 Å². The van der Waals surface area contributed by atoms with Crippen molar-refractivity contribution < 1.29 is 9.26 Å². The van der Waals surface area contributed by atoms with Crippen LogP contribution in [0.3, 0.4) is 0 Å². The van der Waals surface area contributed by atoms with E-state index in [1.54, 1.807) is 0 Å². The molecule has 1 radical (unpaired) electrons. The quantitative estimate of drug-likeness (QED) is 0.722. The molecule has 0 aliphatic rings. The molecule has 0 spiro atoms. The summed E-state index contributed by atoms with van der Waals surface area (Å²) in [7, 11) is 0. The molecule has 1 heterocycles. The molecule has 0 saturated heterocycles. The van der Waals surface area contributed by atoms with Crippen molar-refractivity contribution in [2.75, 3.05) is 6.61 Å². The Bertz CT molecular complexity index is 409. The van der Waals surface area contributed by atoms with Crippen LogP contribution < -0.4 is 4.74 Å². The van der Waals surface area contributed by atoms with Crippen molar-refractivity contribution in [1.29, 1.82) is 0 Å². The molecule has 0 amide bonds. The zero-order valence-electron chi connectivity index (χ0n) is 9.14. The van der Waals surface area contributed by atoms with Crippen LogP contribution in [0.15, 0.2) is 28.8 Å². The first kappa shape index (κ1) is 10.7. The van der Waals surface area contributed by atoms with Gasteiger partial charge in [-0.05, 0) is 30.7 Å². The van der Waals surface area contributed by atoms with E-state index in [0.29, 0.717) is 5.82 Å². The van der Waals surface area contributed by atoms with Crippen molar-refractivity contribution >= 4 is 0 Å². The lowest BCUT2D eigenvalue weighted by atomic mass is 10.2. The number of hydrogen-bond donors (Lipinski definition) is 0. The number of aromatic nitrogens is 2. The summed E-state index contributed by atoms with van der Waals surface area (Å²) < 4.78 is 10.1. The molecule has 0 saturated carbocycles. The Kier molecular flexibility index (Phi) is 3.53. The van der Waals surface area contributed by atoms with Gasteiger partial charge in [-0.1, -0.05) is 18.5 Å². The average Bonchev–Trinajstić information content (AvgIpc) is 2.84. The van der Waals surface area contributed by atoms with Crippen LogP contribution in [0.1, 0.15) is 19.8 Å². The topological polar surface area (TPSA) is 48.2 Å². The third kappa shape index (κ3) is 2.59. The van der Waals surface area contributed by atoms with E-state index in [9.17, 15) is 0 Å². The van der Waals surface area contributed by atoms with E-state index >= 15 is 0 Å². The molecule has 1 aromatic carbocycles. The fraction of sp³-hybridized carbons (Fsp3) is 0.333. The highest BCUT2D eigenvalue weighted by Crippen LogP contribution is 2.19. The Labute approximate surface area is 94.2 Å². The molecule has 0 aliphatic heterocycles. The minimum atomic E-state index is 0.542. The van der Waals surface area contributed by atoms with E-state index in [2.05, 4.69) is 28.0 Å². The van der Waals surface area contributed by atoms with Crippen LogP contribution in [0.25, 0.3) is 11.4 Å². The Morgan fingerprint density at radius 3 is 2.75 bits per heavy atom. The lowest BCUT2D eigenvalue weighted by molar-refractivity contribution is 0.309. The van der Waals surface area contributed by atoms with Gasteiger partial charge in [0.1, 0.15) is 5.75 Å². The van der Waals surface area contributed by atoms with Gasteiger partial charge in [0, 0.05) is 5.56 Å². The average molecular weight is 217 g/mol. The van der Waals surface area contributed by atoms with Gasteiger partial charge in [-0.3, -0.25) is 0 Å². The van der Waals surface area contributed by atoms with Crippen molar-refractivity contribution in [3.63, 3.8) is 0 Å². The summed E-state index contributed by atoms with van der Waals surface area (Å²) in [6, 6.07) is 7.61. The molecule has 0 atom stereocenters. The summed E-state index contributed by atoms with van der Waals surface area (Å²) in [4.78, 5) is 3.85. The van der Waals surface area contributed by atoms with Crippen molar-refractivity contribution in [2.45, 2.75) is 19.8 Å². The first-order valence-electron chi connectivity index (χ1n) is 5.33. The van der Waals surface area contributed by atoms with Gasteiger partial charge < -0.3 is 9.26 Å². The second-order valence-corrected chi connectivity index (χ2v) is 3.44. The SMILES string of the molecule is CCCCOc1ccc(-c2n[c]on2)cc1. The molecule has 4 heteroatoms. The van der Waals surface area contributed by atoms with E-state index in [1.807, 2.05) is 24.3 Å². The number of unbranched alkanes of at least 4 members (excludes halogenated alkanes) is 1. The smallest absolute Gasteiger partial charge is 0.316 e. The maximum Gasteiger partial charge on any atom is 0.316 e. The first-order valence-corrected chi connectivity index (χ1v) is 5.33. The molecule has 2 aromatic rings. The normalized spacial score (nSPS) is 10.3. The van der Waals surface area contributed by atoms with E-state index in [1.165, 1.54) is 0 Å². The second kappa shape index (κ2) is 5.30. The number of rotatable bonds is 5. The van der Waals surface area contributed by atoms with Crippen LogP contribution in [-0.4, -0.2) is 16.7 Å². The summed E-state index contributed by atoms with van der Waals surface area (Å²) >= 11 is 0. The molecule has 0 aliphatic carbocycles. The Hall–Kier alpha value is -1.84. The number of ether oxygens (including phenoxy) is 1. The van der Waals surface area contributed by atoms with Gasteiger partial charge in [-0.25, -0.2) is 0 Å². The monoisotopic (exact) mass is 217 g/mol. The highest BCUT2D eigenvalue weighted by Gasteiger charge is 2.02. The van der Waals surface area contributed by atoms with Crippen LogP contribution in [0.2, 0.25) is 0 Å². The van der Waals surface area contributed by atoms with Gasteiger partial charge in [0.25, 0.3) is 0 Å². The van der Waals surface area contributed by atoms with E-state index in [-0.39, 0.29) is 0 Å². The predicted molar refractivity (Wildman–Crippen MR) is 59.0 cm³/mol. The largest absolute Gasteiger partial charge is 0.494 e. The summed E-state index contributed by atoms with van der Waals surface area (Å²) in [5, 5.41) is 3.71. The Morgan fingerprint density at radius 1 is 1.31 bits per heavy atom. The summed E-state index contributed by atoms with van der Waals surface area (Å²) in [6.45, 7) is 2.89. The molecule has 16 heavy (non-hydrogen) atoms. The molecule has 2 rings (SSSR count). The molecule has 4 nitrogen and oxygen atoms in total. The third-order valence-corrected chi connectivity index (χ3v) is 2.20. The van der Waals surface area contributed by atoms with E-state index in [4.69, 9.17) is 4.74 Å². The highest BCUT2D eigenvalue weighted by molar-refractivity contribution is 5.55. The molecule has 0 unspecified atom stereocenters. The van der Waals surface area contributed by atoms with Gasteiger partial charge in [-0.2, -0.15) is 4.98 Å². The summed E-state index contributed by atoms with van der Waals surface area (Å²) in [5.74, 6) is 1.41. The zero-order valence-corrected chi connectivity index (χ0v) is 9.14. The molecule has 0 fully saturated rings.